The van der Waals surface area contributed by atoms with Crippen molar-refractivity contribution in [2.45, 2.75) is 25.4 Å². The van der Waals surface area contributed by atoms with Crippen LogP contribution in [0.15, 0.2) is 47.1 Å². The first kappa shape index (κ1) is 17.6. The van der Waals surface area contributed by atoms with E-state index in [-0.39, 0.29) is 12.4 Å². The van der Waals surface area contributed by atoms with Gasteiger partial charge in [-0.3, -0.25) is 4.90 Å². The van der Waals surface area contributed by atoms with E-state index in [1.165, 1.54) is 18.4 Å². The van der Waals surface area contributed by atoms with Crippen LogP contribution in [-0.2, 0) is 6.54 Å². The molecule has 2 aromatic rings. The third-order valence-corrected chi connectivity index (χ3v) is 4.20. The highest BCUT2D eigenvalue weighted by Crippen LogP contribution is 2.24. The molecule has 0 radical (unpaired) electrons. The van der Waals surface area contributed by atoms with E-state index in [1.807, 2.05) is 30.3 Å². The standard InChI is InChI=1S/C18H21N3O.ClH/c19-12-15-5-7-16(8-6-15)13-20-14-17(18-4-3-11-22-18)21-9-1-2-10-21;/h3-8,11,17,20H,1-2,9-10,13-14H2;1H. The minimum Gasteiger partial charge on any atom is -0.468 e. The van der Waals surface area contributed by atoms with Crippen molar-refractivity contribution in [2.75, 3.05) is 19.6 Å². The number of nitriles is 1. The minimum absolute atomic E-state index is 0. The van der Waals surface area contributed by atoms with Gasteiger partial charge in [-0.25, -0.2) is 0 Å². The molecule has 1 atom stereocenters. The molecule has 23 heavy (non-hydrogen) atoms. The maximum absolute atomic E-state index is 8.82. The summed E-state index contributed by atoms with van der Waals surface area (Å²) in [6.07, 6.45) is 4.29. The Morgan fingerprint density at radius 2 is 1.91 bits per heavy atom. The Morgan fingerprint density at radius 3 is 2.52 bits per heavy atom. The predicted octanol–water partition coefficient (Wildman–Crippen LogP) is 3.50. The van der Waals surface area contributed by atoms with Gasteiger partial charge in [-0.05, 0) is 55.8 Å². The van der Waals surface area contributed by atoms with E-state index >= 15 is 0 Å². The normalized spacial score (nSPS) is 15.8. The van der Waals surface area contributed by atoms with Gasteiger partial charge < -0.3 is 9.73 Å². The van der Waals surface area contributed by atoms with Crippen molar-refractivity contribution >= 4 is 12.4 Å². The van der Waals surface area contributed by atoms with Crippen LogP contribution in [0.5, 0.6) is 0 Å². The molecule has 122 valence electrons. The van der Waals surface area contributed by atoms with Crippen LogP contribution in [0.25, 0.3) is 0 Å². The third-order valence-electron chi connectivity index (χ3n) is 4.20. The van der Waals surface area contributed by atoms with Gasteiger partial charge in [-0.1, -0.05) is 12.1 Å². The molecule has 1 N–H and O–H groups in total. The number of likely N-dealkylation sites (tertiary alicyclic amines) is 1. The quantitative estimate of drug-likeness (QED) is 0.880. The predicted molar refractivity (Wildman–Crippen MR) is 92.4 cm³/mol. The molecule has 1 aromatic heterocycles. The number of rotatable bonds is 6. The molecular weight excluding hydrogens is 310 g/mol. The van der Waals surface area contributed by atoms with E-state index in [4.69, 9.17) is 9.68 Å². The van der Waals surface area contributed by atoms with E-state index in [9.17, 15) is 0 Å². The monoisotopic (exact) mass is 331 g/mol. The first-order chi connectivity index (χ1) is 10.9. The summed E-state index contributed by atoms with van der Waals surface area (Å²) in [5.41, 5.74) is 1.90. The van der Waals surface area contributed by atoms with Gasteiger partial charge in [-0.2, -0.15) is 5.26 Å². The van der Waals surface area contributed by atoms with Crippen LogP contribution in [0, 0.1) is 11.3 Å². The number of hydrogen-bond acceptors (Lipinski definition) is 4. The molecule has 0 aliphatic carbocycles. The van der Waals surface area contributed by atoms with E-state index in [2.05, 4.69) is 22.4 Å². The van der Waals surface area contributed by atoms with Crippen LogP contribution in [-0.4, -0.2) is 24.5 Å². The zero-order valence-electron chi connectivity index (χ0n) is 13.1. The average molecular weight is 332 g/mol. The number of halogens is 1. The Morgan fingerprint density at radius 1 is 1.17 bits per heavy atom. The van der Waals surface area contributed by atoms with E-state index < -0.39 is 0 Å². The van der Waals surface area contributed by atoms with Crippen molar-refractivity contribution in [1.29, 1.82) is 5.26 Å². The van der Waals surface area contributed by atoms with Gasteiger partial charge >= 0.3 is 0 Å². The summed E-state index contributed by atoms with van der Waals surface area (Å²) in [4.78, 5) is 2.49. The number of furan rings is 1. The van der Waals surface area contributed by atoms with Crippen LogP contribution in [0.3, 0.4) is 0 Å². The number of hydrogen-bond donors (Lipinski definition) is 1. The lowest BCUT2D eigenvalue weighted by Gasteiger charge is -2.26. The summed E-state index contributed by atoms with van der Waals surface area (Å²) in [5.74, 6) is 1.04. The fraction of sp³-hybridized carbons (Fsp3) is 0.389. The van der Waals surface area contributed by atoms with Crippen molar-refractivity contribution in [3.63, 3.8) is 0 Å². The van der Waals surface area contributed by atoms with Gasteiger partial charge in [0.2, 0.25) is 0 Å². The maximum atomic E-state index is 8.82. The molecule has 5 heteroatoms. The number of benzene rings is 1. The van der Waals surface area contributed by atoms with E-state index in [0.717, 1.165) is 31.9 Å². The summed E-state index contributed by atoms with van der Waals surface area (Å²) in [5, 5.41) is 12.3. The highest BCUT2D eigenvalue weighted by Gasteiger charge is 2.24. The first-order valence-corrected chi connectivity index (χ1v) is 7.84. The van der Waals surface area contributed by atoms with Gasteiger partial charge in [0.05, 0.1) is 23.9 Å². The highest BCUT2D eigenvalue weighted by molar-refractivity contribution is 5.85. The maximum Gasteiger partial charge on any atom is 0.122 e. The molecule has 1 aliphatic rings. The van der Waals surface area contributed by atoms with Crippen LogP contribution in [0.1, 0.15) is 35.8 Å². The fourth-order valence-corrected chi connectivity index (χ4v) is 2.99. The Balaban J connectivity index is 0.00000192. The molecule has 0 bridgehead atoms. The van der Waals surface area contributed by atoms with Gasteiger partial charge in [0, 0.05) is 13.1 Å². The van der Waals surface area contributed by atoms with Crippen molar-refractivity contribution in [2.24, 2.45) is 0 Å². The van der Waals surface area contributed by atoms with Crippen molar-refractivity contribution < 1.29 is 4.42 Å². The lowest BCUT2D eigenvalue weighted by atomic mass is 10.1. The largest absolute Gasteiger partial charge is 0.468 e. The Kier molecular flexibility index (Phi) is 6.66. The Bertz CT molecular complexity index is 613. The summed E-state index contributed by atoms with van der Waals surface area (Å²) >= 11 is 0. The fourth-order valence-electron chi connectivity index (χ4n) is 2.99. The molecule has 1 aromatic carbocycles. The minimum atomic E-state index is 0. The van der Waals surface area contributed by atoms with Gasteiger partial charge in [0.25, 0.3) is 0 Å². The summed E-state index contributed by atoms with van der Waals surface area (Å²) in [6, 6.07) is 14.2. The molecular formula is C18H22ClN3O. The second-order valence-corrected chi connectivity index (χ2v) is 5.71. The van der Waals surface area contributed by atoms with E-state index in [1.54, 1.807) is 6.26 Å². The first-order valence-electron chi connectivity index (χ1n) is 7.84. The topological polar surface area (TPSA) is 52.2 Å². The lowest BCUT2D eigenvalue weighted by Crippen LogP contribution is -2.33. The molecule has 1 aliphatic heterocycles. The molecule has 1 fully saturated rings. The van der Waals surface area contributed by atoms with Gasteiger partial charge in [0.15, 0.2) is 0 Å². The summed E-state index contributed by atoms with van der Waals surface area (Å²) in [7, 11) is 0. The SMILES string of the molecule is Cl.N#Cc1ccc(CNCC(c2ccco2)N2CCCC2)cc1. The molecule has 3 rings (SSSR count). The molecule has 2 heterocycles. The molecule has 1 saturated heterocycles. The second-order valence-electron chi connectivity index (χ2n) is 5.71. The highest BCUT2D eigenvalue weighted by atomic mass is 35.5. The van der Waals surface area contributed by atoms with Crippen LogP contribution < -0.4 is 5.32 Å². The second kappa shape index (κ2) is 8.73. The molecule has 0 spiro atoms. The van der Waals surface area contributed by atoms with Crippen LogP contribution >= 0.6 is 12.4 Å². The Hall–Kier alpha value is -1.80. The molecule has 0 amide bonds. The van der Waals surface area contributed by atoms with Crippen LogP contribution in [0.4, 0.5) is 0 Å². The van der Waals surface area contributed by atoms with Crippen molar-refractivity contribution in [3.8, 4) is 6.07 Å². The molecule has 4 nitrogen and oxygen atoms in total. The van der Waals surface area contributed by atoms with Crippen LogP contribution in [0.2, 0.25) is 0 Å². The van der Waals surface area contributed by atoms with Gasteiger partial charge in [-0.15, -0.1) is 12.4 Å². The summed E-state index contributed by atoms with van der Waals surface area (Å²) < 4.78 is 5.62. The number of nitrogens with one attached hydrogen (secondary N) is 1. The van der Waals surface area contributed by atoms with Crippen molar-refractivity contribution in [1.82, 2.24) is 10.2 Å². The van der Waals surface area contributed by atoms with Gasteiger partial charge in [0.1, 0.15) is 5.76 Å². The average Bonchev–Trinajstić information content (AvgIpc) is 3.26. The molecule has 0 saturated carbocycles. The third kappa shape index (κ3) is 4.59. The zero-order valence-corrected chi connectivity index (χ0v) is 13.9. The lowest BCUT2D eigenvalue weighted by molar-refractivity contribution is 0.209. The summed E-state index contributed by atoms with van der Waals surface area (Å²) in [6.45, 7) is 3.96. The smallest absolute Gasteiger partial charge is 0.122 e. The van der Waals surface area contributed by atoms with Crippen molar-refractivity contribution in [3.05, 3.63) is 59.5 Å². The number of nitrogens with zero attached hydrogens (tertiary/aromatic N) is 2. The van der Waals surface area contributed by atoms with E-state index in [0.29, 0.717) is 11.6 Å². The zero-order chi connectivity index (χ0) is 15.2. The molecule has 1 unspecified atom stereocenters. The Labute approximate surface area is 143 Å².